The first-order chi connectivity index (χ1) is 11.4. The molecule has 6 nitrogen and oxygen atoms in total. The maximum atomic E-state index is 10.8. The summed E-state index contributed by atoms with van der Waals surface area (Å²) < 4.78 is 0. The summed E-state index contributed by atoms with van der Waals surface area (Å²) in [5.41, 5.74) is 0.285. The van der Waals surface area contributed by atoms with Gasteiger partial charge < -0.3 is 15.5 Å². The van der Waals surface area contributed by atoms with Gasteiger partial charge in [0, 0.05) is 29.9 Å². The highest BCUT2D eigenvalue weighted by Crippen LogP contribution is 2.31. The minimum absolute atomic E-state index is 0.0359. The first kappa shape index (κ1) is 17.9. The standard InChI is InChI=1S/C9H12N2.C9H10O4/c1-2-5-11-9(3-1)8-4-6-10-7-8;1-9(8(12)13)4-2-3-6(5-9)7(10)11/h1-3,5,8,10H,4,6-7H2;2-4H,5H2,1H3,(H,10,11)(H,12,13). The van der Waals surface area contributed by atoms with Crippen molar-refractivity contribution in [1.29, 1.82) is 0 Å². The van der Waals surface area contributed by atoms with Crippen LogP contribution >= 0.6 is 0 Å². The van der Waals surface area contributed by atoms with Gasteiger partial charge in [-0.05, 0) is 38.4 Å². The number of carboxylic acids is 2. The zero-order chi connectivity index (χ0) is 17.6. The highest BCUT2D eigenvalue weighted by molar-refractivity contribution is 5.90. The fourth-order valence-corrected chi connectivity index (χ4v) is 2.71. The van der Waals surface area contributed by atoms with E-state index in [4.69, 9.17) is 10.2 Å². The predicted molar refractivity (Wildman–Crippen MR) is 89.7 cm³/mol. The molecular formula is C18H22N2O4. The Hall–Kier alpha value is -2.47. The van der Waals surface area contributed by atoms with Crippen molar-refractivity contribution in [2.24, 2.45) is 5.41 Å². The first-order valence-electron chi connectivity index (χ1n) is 7.89. The molecule has 1 aliphatic heterocycles. The molecule has 3 rings (SSSR count). The summed E-state index contributed by atoms with van der Waals surface area (Å²) in [5.74, 6) is -1.41. The maximum Gasteiger partial charge on any atom is 0.331 e. The Bertz CT molecular complexity index is 648. The van der Waals surface area contributed by atoms with Crippen LogP contribution in [0.25, 0.3) is 0 Å². The van der Waals surface area contributed by atoms with Crippen molar-refractivity contribution in [3.05, 3.63) is 53.9 Å². The van der Waals surface area contributed by atoms with Crippen LogP contribution in [-0.2, 0) is 9.59 Å². The van der Waals surface area contributed by atoms with Crippen LogP contribution in [0.1, 0.15) is 31.4 Å². The Kier molecular flexibility index (Phi) is 5.87. The van der Waals surface area contributed by atoms with E-state index in [0.29, 0.717) is 5.92 Å². The Labute approximate surface area is 140 Å². The van der Waals surface area contributed by atoms with Crippen LogP contribution in [0.4, 0.5) is 0 Å². The number of pyridine rings is 1. The number of allylic oxidation sites excluding steroid dienone is 2. The second-order valence-corrected chi connectivity index (χ2v) is 6.20. The molecule has 1 aliphatic carbocycles. The molecule has 0 aromatic carbocycles. The molecule has 1 aromatic heterocycles. The van der Waals surface area contributed by atoms with E-state index in [0.717, 1.165) is 13.1 Å². The Morgan fingerprint density at radius 3 is 2.67 bits per heavy atom. The van der Waals surface area contributed by atoms with Crippen LogP contribution in [0, 0.1) is 5.41 Å². The molecule has 1 aromatic rings. The number of aromatic nitrogens is 1. The molecule has 24 heavy (non-hydrogen) atoms. The normalized spacial score (nSPS) is 25.4. The number of aliphatic carboxylic acids is 2. The Balaban J connectivity index is 0.000000175. The molecule has 128 valence electrons. The lowest BCUT2D eigenvalue weighted by Gasteiger charge is -2.23. The van der Waals surface area contributed by atoms with Crippen molar-refractivity contribution in [2.45, 2.75) is 25.7 Å². The molecule has 0 saturated carbocycles. The minimum Gasteiger partial charge on any atom is -0.481 e. The summed E-state index contributed by atoms with van der Waals surface area (Å²) in [7, 11) is 0. The topological polar surface area (TPSA) is 99.5 Å². The lowest BCUT2D eigenvalue weighted by Crippen LogP contribution is -2.28. The number of carbonyl (C=O) groups is 2. The third-order valence-corrected chi connectivity index (χ3v) is 4.25. The molecule has 1 fully saturated rings. The van der Waals surface area contributed by atoms with Crippen LogP contribution in [0.3, 0.4) is 0 Å². The van der Waals surface area contributed by atoms with E-state index in [1.54, 1.807) is 0 Å². The van der Waals surface area contributed by atoms with Crippen molar-refractivity contribution >= 4 is 11.9 Å². The van der Waals surface area contributed by atoms with Crippen molar-refractivity contribution in [1.82, 2.24) is 10.3 Å². The SMILES string of the molecule is CC1(C(=O)O)C=CC=C(C(=O)O)C1.c1ccc(C2CCNC2)nc1. The van der Waals surface area contributed by atoms with E-state index in [-0.39, 0.29) is 12.0 Å². The smallest absolute Gasteiger partial charge is 0.331 e. The molecule has 0 spiro atoms. The molecule has 0 bridgehead atoms. The van der Waals surface area contributed by atoms with E-state index in [9.17, 15) is 9.59 Å². The van der Waals surface area contributed by atoms with Gasteiger partial charge in [0.25, 0.3) is 0 Å². The van der Waals surface area contributed by atoms with Crippen molar-refractivity contribution < 1.29 is 19.8 Å². The largest absolute Gasteiger partial charge is 0.481 e. The second kappa shape index (κ2) is 7.88. The molecule has 2 unspecified atom stereocenters. The summed E-state index contributed by atoms with van der Waals surface area (Å²) in [4.78, 5) is 25.7. The molecule has 0 amide bonds. The van der Waals surface area contributed by atoms with Crippen molar-refractivity contribution in [3.8, 4) is 0 Å². The number of carboxylic acid groups (broad SMARTS) is 2. The van der Waals surface area contributed by atoms with Crippen LogP contribution in [0.15, 0.2) is 48.2 Å². The maximum absolute atomic E-state index is 10.8. The average molecular weight is 330 g/mol. The summed E-state index contributed by atoms with van der Waals surface area (Å²) in [6.45, 7) is 3.74. The molecule has 6 heteroatoms. The van der Waals surface area contributed by atoms with Crippen molar-refractivity contribution in [3.63, 3.8) is 0 Å². The molecule has 2 heterocycles. The molecule has 0 radical (unpaired) electrons. The van der Waals surface area contributed by atoms with E-state index in [2.05, 4.69) is 22.4 Å². The average Bonchev–Trinajstić information content (AvgIpc) is 3.11. The molecule has 2 aliphatic rings. The lowest BCUT2D eigenvalue weighted by atomic mass is 9.80. The van der Waals surface area contributed by atoms with Crippen LogP contribution in [0.2, 0.25) is 0 Å². The molecule has 2 atom stereocenters. The zero-order valence-corrected chi connectivity index (χ0v) is 13.6. The second-order valence-electron chi connectivity index (χ2n) is 6.20. The van der Waals surface area contributed by atoms with Gasteiger partial charge in [0.05, 0.1) is 5.41 Å². The number of hydrogen-bond donors (Lipinski definition) is 3. The highest BCUT2D eigenvalue weighted by Gasteiger charge is 2.34. The molecular weight excluding hydrogens is 308 g/mol. The Morgan fingerprint density at radius 1 is 1.33 bits per heavy atom. The summed E-state index contributed by atoms with van der Waals surface area (Å²) in [6, 6.07) is 6.13. The van der Waals surface area contributed by atoms with Gasteiger partial charge in [-0.25, -0.2) is 4.79 Å². The monoisotopic (exact) mass is 330 g/mol. The third-order valence-electron chi connectivity index (χ3n) is 4.25. The summed E-state index contributed by atoms with van der Waals surface area (Å²) in [6.07, 6.45) is 7.54. The molecule has 1 saturated heterocycles. The summed E-state index contributed by atoms with van der Waals surface area (Å²) in [5, 5.41) is 20.8. The van der Waals surface area contributed by atoms with Crippen LogP contribution in [-0.4, -0.2) is 40.2 Å². The fraction of sp³-hybridized carbons (Fsp3) is 0.389. The first-order valence-corrected chi connectivity index (χ1v) is 7.89. The lowest BCUT2D eigenvalue weighted by molar-refractivity contribution is -0.145. The van der Waals surface area contributed by atoms with Gasteiger partial charge in [0.2, 0.25) is 0 Å². The van der Waals surface area contributed by atoms with Gasteiger partial charge in [0.15, 0.2) is 0 Å². The number of nitrogens with zero attached hydrogens (tertiary/aromatic N) is 1. The van der Waals surface area contributed by atoms with E-state index >= 15 is 0 Å². The van der Waals surface area contributed by atoms with Crippen LogP contribution < -0.4 is 5.32 Å². The van der Waals surface area contributed by atoms with E-state index < -0.39 is 17.4 Å². The van der Waals surface area contributed by atoms with Crippen LogP contribution in [0.5, 0.6) is 0 Å². The van der Waals surface area contributed by atoms with E-state index in [1.165, 1.54) is 37.3 Å². The van der Waals surface area contributed by atoms with Crippen molar-refractivity contribution in [2.75, 3.05) is 13.1 Å². The third kappa shape index (κ3) is 4.52. The predicted octanol–water partition coefficient (Wildman–Crippen LogP) is 2.21. The number of hydrogen-bond acceptors (Lipinski definition) is 4. The highest BCUT2D eigenvalue weighted by atomic mass is 16.4. The summed E-state index contributed by atoms with van der Waals surface area (Å²) >= 11 is 0. The zero-order valence-electron chi connectivity index (χ0n) is 13.6. The number of nitrogens with one attached hydrogen (secondary N) is 1. The van der Waals surface area contributed by atoms with E-state index in [1.807, 2.05) is 12.3 Å². The van der Waals surface area contributed by atoms with Gasteiger partial charge >= 0.3 is 11.9 Å². The number of rotatable bonds is 3. The van der Waals surface area contributed by atoms with Gasteiger partial charge in [-0.2, -0.15) is 0 Å². The fourth-order valence-electron chi connectivity index (χ4n) is 2.71. The van der Waals surface area contributed by atoms with Gasteiger partial charge in [0.1, 0.15) is 0 Å². The van der Waals surface area contributed by atoms with Gasteiger partial charge in [-0.15, -0.1) is 0 Å². The van der Waals surface area contributed by atoms with Gasteiger partial charge in [-0.1, -0.05) is 24.3 Å². The quantitative estimate of drug-likeness (QED) is 0.786. The minimum atomic E-state index is -1.08. The molecule has 3 N–H and O–H groups in total. The Morgan fingerprint density at radius 2 is 2.12 bits per heavy atom. The van der Waals surface area contributed by atoms with Gasteiger partial charge in [-0.3, -0.25) is 9.78 Å².